The van der Waals surface area contributed by atoms with Crippen LogP contribution < -0.4 is 5.32 Å². The van der Waals surface area contributed by atoms with Gasteiger partial charge in [-0.05, 0) is 12.3 Å². The van der Waals surface area contributed by atoms with E-state index in [4.69, 9.17) is 9.15 Å². The van der Waals surface area contributed by atoms with Crippen molar-refractivity contribution in [2.75, 3.05) is 11.9 Å². The first-order chi connectivity index (χ1) is 8.75. The van der Waals surface area contributed by atoms with E-state index in [1.165, 1.54) is 0 Å². The molecule has 1 heterocycles. The first kappa shape index (κ1) is 15.1. The molecule has 106 valence electrons. The molecule has 1 aromatic heterocycles. The lowest BCUT2D eigenvalue weighted by molar-refractivity contribution is -0.155. The van der Waals surface area contributed by atoms with Crippen molar-refractivity contribution in [3.05, 3.63) is 5.89 Å². The number of anilines is 1. The number of hydrogen-bond acceptors (Lipinski definition) is 6. The Hall–Kier alpha value is -1.92. The molecule has 0 fully saturated rings. The number of ether oxygens (including phenoxy) is 1. The number of nitrogens with zero attached hydrogens (tertiary/aromatic N) is 2. The molecule has 0 saturated carbocycles. The molecule has 1 atom stereocenters. The van der Waals surface area contributed by atoms with Crippen molar-refractivity contribution in [2.45, 2.75) is 34.6 Å². The molecule has 0 spiro atoms. The van der Waals surface area contributed by atoms with Gasteiger partial charge in [0.1, 0.15) is 5.92 Å². The maximum atomic E-state index is 12.1. The number of aromatic nitrogens is 2. The van der Waals surface area contributed by atoms with Crippen LogP contribution in [0.5, 0.6) is 0 Å². The lowest BCUT2D eigenvalue weighted by Gasteiger charge is -2.26. The first-order valence-corrected chi connectivity index (χ1v) is 6.03. The Kier molecular flexibility index (Phi) is 4.63. The average molecular weight is 269 g/mol. The van der Waals surface area contributed by atoms with Gasteiger partial charge >= 0.3 is 12.0 Å². The van der Waals surface area contributed by atoms with E-state index in [2.05, 4.69) is 15.5 Å². The van der Waals surface area contributed by atoms with Gasteiger partial charge in [0.25, 0.3) is 0 Å². The SMILES string of the molecule is CCOC(=O)C(C(=O)Nc1nnc(C)o1)C(C)(C)C. The summed E-state index contributed by atoms with van der Waals surface area (Å²) < 4.78 is 9.98. The highest BCUT2D eigenvalue weighted by molar-refractivity contribution is 6.04. The standard InChI is InChI=1S/C12H19N3O4/c1-6-18-10(17)8(12(3,4)5)9(16)13-11-15-14-7(2)19-11/h8H,6H2,1-5H3,(H,13,15,16). The number of aryl methyl sites for hydroxylation is 1. The summed E-state index contributed by atoms with van der Waals surface area (Å²) in [6.45, 7) is 8.87. The molecule has 7 heteroatoms. The van der Waals surface area contributed by atoms with Crippen LogP contribution in [-0.2, 0) is 14.3 Å². The third-order valence-corrected chi connectivity index (χ3v) is 2.41. The summed E-state index contributed by atoms with van der Waals surface area (Å²) in [4.78, 5) is 24.0. The van der Waals surface area contributed by atoms with Crippen molar-refractivity contribution in [2.24, 2.45) is 11.3 Å². The number of nitrogens with one attached hydrogen (secondary N) is 1. The summed E-state index contributed by atoms with van der Waals surface area (Å²) >= 11 is 0. The monoisotopic (exact) mass is 269 g/mol. The quantitative estimate of drug-likeness (QED) is 0.658. The predicted molar refractivity (Wildman–Crippen MR) is 67.2 cm³/mol. The lowest BCUT2D eigenvalue weighted by Crippen LogP contribution is -2.40. The molecule has 0 aromatic carbocycles. The Morgan fingerprint density at radius 1 is 1.37 bits per heavy atom. The van der Waals surface area contributed by atoms with E-state index in [-0.39, 0.29) is 12.6 Å². The number of hydrogen-bond donors (Lipinski definition) is 1. The Morgan fingerprint density at radius 2 is 2.00 bits per heavy atom. The minimum absolute atomic E-state index is 0.0268. The van der Waals surface area contributed by atoms with Gasteiger partial charge in [-0.25, -0.2) is 0 Å². The number of carbonyl (C=O) groups excluding carboxylic acids is 2. The Balaban J connectivity index is 2.86. The van der Waals surface area contributed by atoms with Crippen LogP contribution in [0.2, 0.25) is 0 Å². The Bertz CT molecular complexity index is 462. The number of esters is 1. The Morgan fingerprint density at radius 3 is 2.42 bits per heavy atom. The molecule has 1 unspecified atom stereocenters. The zero-order valence-corrected chi connectivity index (χ0v) is 11.8. The molecule has 0 aliphatic heterocycles. The van der Waals surface area contributed by atoms with Gasteiger partial charge in [0, 0.05) is 6.92 Å². The second-order valence-corrected chi connectivity index (χ2v) is 5.17. The van der Waals surface area contributed by atoms with E-state index in [9.17, 15) is 9.59 Å². The van der Waals surface area contributed by atoms with E-state index in [0.717, 1.165) is 0 Å². The van der Waals surface area contributed by atoms with Crippen LogP contribution in [0.1, 0.15) is 33.6 Å². The van der Waals surface area contributed by atoms with Gasteiger partial charge in [0.05, 0.1) is 6.61 Å². The minimum atomic E-state index is -0.945. The third-order valence-electron chi connectivity index (χ3n) is 2.41. The van der Waals surface area contributed by atoms with Gasteiger partial charge < -0.3 is 9.15 Å². The fourth-order valence-corrected chi connectivity index (χ4v) is 1.60. The first-order valence-electron chi connectivity index (χ1n) is 6.03. The van der Waals surface area contributed by atoms with Gasteiger partial charge in [0.15, 0.2) is 0 Å². The number of amides is 1. The average Bonchev–Trinajstić information content (AvgIpc) is 2.61. The molecule has 1 rings (SSSR count). The van der Waals surface area contributed by atoms with Crippen LogP contribution in [0.25, 0.3) is 0 Å². The zero-order valence-electron chi connectivity index (χ0n) is 11.8. The van der Waals surface area contributed by atoms with Crippen LogP contribution in [0.15, 0.2) is 4.42 Å². The highest BCUT2D eigenvalue weighted by Crippen LogP contribution is 2.28. The smallest absolute Gasteiger partial charge is 0.322 e. The van der Waals surface area contributed by atoms with Crippen LogP contribution in [0.3, 0.4) is 0 Å². The molecular weight excluding hydrogens is 250 g/mol. The molecule has 0 aliphatic rings. The van der Waals surface area contributed by atoms with Gasteiger partial charge in [-0.15, -0.1) is 5.10 Å². The fraction of sp³-hybridized carbons (Fsp3) is 0.667. The number of rotatable bonds is 4. The van der Waals surface area contributed by atoms with E-state index in [1.807, 2.05) is 0 Å². The van der Waals surface area contributed by atoms with Gasteiger partial charge in [-0.3, -0.25) is 14.9 Å². The molecule has 7 nitrogen and oxygen atoms in total. The van der Waals surface area contributed by atoms with E-state index >= 15 is 0 Å². The van der Waals surface area contributed by atoms with E-state index in [1.54, 1.807) is 34.6 Å². The Labute approximate surface area is 111 Å². The molecule has 0 aliphatic carbocycles. The van der Waals surface area contributed by atoms with Crippen molar-refractivity contribution in [3.63, 3.8) is 0 Å². The maximum Gasteiger partial charge on any atom is 0.322 e. The molecule has 1 amide bonds. The van der Waals surface area contributed by atoms with Crippen LogP contribution in [0.4, 0.5) is 6.01 Å². The van der Waals surface area contributed by atoms with E-state index < -0.39 is 23.2 Å². The van der Waals surface area contributed by atoms with Gasteiger partial charge in [-0.2, -0.15) is 0 Å². The molecular formula is C12H19N3O4. The summed E-state index contributed by atoms with van der Waals surface area (Å²) in [6, 6.07) is -0.0268. The highest BCUT2D eigenvalue weighted by Gasteiger charge is 2.39. The molecule has 1 aromatic rings. The fourth-order valence-electron chi connectivity index (χ4n) is 1.60. The minimum Gasteiger partial charge on any atom is -0.465 e. The highest BCUT2D eigenvalue weighted by atomic mass is 16.5. The van der Waals surface area contributed by atoms with Gasteiger partial charge in [-0.1, -0.05) is 25.9 Å². The number of carbonyl (C=O) groups is 2. The predicted octanol–water partition coefficient (Wildman–Crippen LogP) is 1.54. The third kappa shape index (κ3) is 4.04. The van der Waals surface area contributed by atoms with Crippen molar-refractivity contribution in [1.29, 1.82) is 0 Å². The van der Waals surface area contributed by atoms with Crippen LogP contribution in [-0.4, -0.2) is 28.7 Å². The summed E-state index contributed by atoms with van der Waals surface area (Å²) in [7, 11) is 0. The summed E-state index contributed by atoms with van der Waals surface area (Å²) in [5.41, 5.74) is -0.578. The largest absolute Gasteiger partial charge is 0.465 e. The topological polar surface area (TPSA) is 94.3 Å². The molecule has 19 heavy (non-hydrogen) atoms. The second kappa shape index (κ2) is 5.81. The van der Waals surface area contributed by atoms with Crippen molar-refractivity contribution < 1.29 is 18.7 Å². The molecule has 0 bridgehead atoms. The van der Waals surface area contributed by atoms with Crippen molar-refractivity contribution >= 4 is 17.9 Å². The van der Waals surface area contributed by atoms with Crippen molar-refractivity contribution in [1.82, 2.24) is 10.2 Å². The molecule has 1 N–H and O–H groups in total. The summed E-state index contributed by atoms with van der Waals surface area (Å²) in [5.74, 6) is -1.70. The zero-order chi connectivity index (χ0) is 14.6. The van der Waals surface area contributed by atoms with E-state index in [0.29, 0.717) is 5.89 Å². The second-order valence-electron chi connectivity index (χ2n) is 5.17. The summed E-state index contributed by atoms with van der Waals surface area (Å²) in [6.07, 6.45) is 0. The normalized spacial score (nSPS) is 12.9. The lowest BCUT2D eigenvalue weighted by atomic mass is 9.80. The van der Waals surface area contributed by atoms with Crippen molar-refractivity contribution in [3.8, 4) is 0 Å². The molecule has 0 radical (unpaired) electrons. The maximum absolute atomic E-state index is 12.1. The molecule has 0 saturated heterocycles. The van der Waals surface area contributed by atoms with Gasteiger partial charge in [0.2, 0.25) is 11.8 Å². The van der Waals surface area contributed by atoms with Crippen LogP contribution >= 0.6 is 0 Å². The summed E-state index contributed by atoms with van der Waals surface area (Å²) in [5, 5.41) is 9.68. The van der Waals surface area contributed by atoms with Crippen LogP contribution in [0, 0.1) is 18.3 Å².